The van der Waals surface area contributed by atoms with E-state index in [-0.39, 0.29) is 45.7 Å². The molecular formula is C44H50F24O8. The van der Waals surface area contributed by atoms with Crippen LogP contribution in [0, 0.1) is 47.3 Å². The number of alkyl halides is 24. The van der Waals surface area contributed by atoms with Crippen LogP contribution >= 0.6 is 0 Å². The van der Waals surface area contributed by atoms with Crippen LogP contribution < -0.4 is 0 Å². The van der Waals surface area contributed by atoms with E-state index in [0.717, 1.165) is 0 Å². The molecule has 0 heterocycles. The first-order valence-electron chi connectivity index (χ1n) is 22.8. The predicted octanol–water partition coefficient (Wildman–Crippen LogP) is 12.4. The summed E-state index contributed by atoms with van der Waals surface area (Å²) in [4.78, 5) is 0. The lowest BCUT2D eigenvalue weighted by Gasteiger charge is -2.51. The molecule has 15 atom stereocenters. The molecule has 32 heteroatoms. The van der Waals surface area contributed by atoms with Crippen molar-refractivity contribution >= 4 is 0 Å². The number of ether oxygens (including phenoxy) is 4. The van der Waals surface area contributed by atoms with Gasteiger partial charge in [-0.1, -0.05) is 26.0 Å². The summed E-state index contributed by atoms with van der Waals surface area (Å²) >= 11 is 0. The molecule has 0 spiro atoms. The number of benzene rings is 1. The Kier molecular flexibility index (Phi) is 16.4. The molecular weight excluding hydrogens is 1110 g/mol. The lowest BCUT2D eigenvalue weighted by atomic mass is 9.62. The van der Waals surface area contributed by atoms with Crippen LogP contribution in [0.15, 0.2) is 18.2 Å². The molecule has 0 saturated heterocycles. The third kappa shape index (κ3) is 10.2. The van der Waals surface area contributed by atoms with Gasteiger partial charge >= 0.3 is 49.4 Å². The fourth-order valence-electron chi connectivity index (χ4n) is 12.0. The van der Waals surface area contributed by atoms with Crippen molar-refractivity contribution in [2.24, 2.45) is 47.3 Å². The molecule has 1 aromatic carbocycles. The van der Waals surface area contributed by atoms with E-state index in [2.05, 4.69) is 0 Å². The van der Waals surface area contributed by atoms with Crippen LogP contribution in [0.1, 0.15) is 96.3 Å². The van der Waals surface area contributed by atoms with Crippen LogP contribution in [0.2, 0.25) is 0 Å². The maximum atomic E-state index is 15.3. The zero-order valence-corrected chi connectivity index (χ0v) is 40.0. The molecule has 4 saturated carbocycles. The largest absolute Gasteiger partial charge is 0.426 e. The van der Waals surface area contributed by atoms with E-state index in [0.29, 0.717) is 12.1 Å². The molecule has 1 aromatic rings. The van der Waals surface area contributed by atoms with Crippen molar-refractivity contribution in [3.63, 3.8) is 0 Å². The van der Waals surface area contributed by atoms with Crippen molar-refractivity contribution in [2.75, 3.05) is 13.6 Å². The first kappa shape index (κ1) is 64.0. The van der Waals surface area contributed by atoms with Crippen molar-refractivity contribution in [2.45, 2.75) is 175 Å². The normalized spacial score (nSPS) is 31.0. The minimum Gasteiger partial charge on any atom is -0.380 e. The molecule has 4 aliphatic rings. The van der Waals surface area contributed by atoms with Gasteiger partial charge in [-0.25, -0.2) is 0 Å². The minimum absolute atomic E-state index is 0.0377. The van der Waals surface area contributed by atoms with E-state index in [1.54, 1.807) is 0 Å². The van der Waals surface area contributed by atoms with Crippen molar-refractivity contribution < 1.29 is 145 Å². The van der Waals surface area contributed by atoms with Crippen molar-refractivity contribution in [3.05, 3.63) is 34.9 Å². The van der Waals surface area contributed by atoms with Gasteiger partial charge in [0.05, 0.1) is 12.2 Å². The van der Waals surface area contributed by atoms with Gasteiger partial charge in [0.2, 0.25) is 0 Å². The Labute approximate surface area is 415 Å². The zero-order chi connectivity index (χ0) is 59.0. The molecule has 8 nitrogen and oxygen atoms in total. The topological polar surface area (TPSA) is 118 Å². The van der Waals surface area contributed by atoms with Crippen LogP contribution in [0.25, 0.3) is 0 Å². The Bertz CT molecular complexity index is 2180. The van der Waals surface area contributed by atoms with Gasteiger partial charge in [0.1, 0.15) is 13.6 Å². The van der Waals surface area contributed by atoms with Gasteiger partial charge in [0.25, 0.3) is 11.2 Å². The number of hydrogen-bond acceptors (Lipinski definition) is 8. The number of aliphatic hydroxyl groups is 4. The van der Waals surface area contributed by atoms with Gasteiger partial charge < -0.3 is 39.4 Å². The SMILES string of the molecule is CCC(C)c1cc(C(C)(OCOC2CC3CC2C(C(C)(O)C(F)(F)F)C3C(C)(O)C(F)(F)F)C(F)(F)F)cc(C(C)(OCOC2CC3CC2C(C(O)(C(F)(F)F)C(F)(F)F)C3C(O)(C(F)(F)F)C(F)(F)F)C(F)(F)F)c1. The highest BCUT2D eigenvalue weighted by Gasteiger charge is 2.86. The summed E-state index contributed by atoms with van der Waals surface area (Å²) < 4.78 is 367. The van der Waals surface area contributed by atoms with Gasteiger partial charge in [-0.05, 0) is 112 Å². The summed E-state index contributed by atoms with van der Waals surface area (Å²) in [6.07, 6.45) is -59.5. The number of fused-ring (bicyclic) bond motifs is 4. The molecule has 442 valence electrons. The van der Waals surface area contributed by atoms with Crippen LogP contribution in [-0.4, -0.2) is 118 Å². The quantitative estimate of drug-likeness (QED) is 0.0955. The predicted molar refractivity (Wildman–Crippen MR) is 207 cm³/mol. The summed E-state index contributed by atoms with van der Waals surface area (Å²) in [7, 11) is 0. The second-order valence-electron chi connectivity index (χ2n) is 20.9. The minimum atomic E-state index is -7.14. The third-order valence-electron chi connectivity index (χ3n) is 16.6. The third-order valence-corrected chi connectivity index (χ3v) is 16.6. The van der Waals surface area contributed by atoms with Crippen LogP contribution in [0.4, 0.5) is 105 Å². The lowest BCUT2D eigenvalue weighted by molar-refractivity contribution is -0.428. The molecule has 76 heavy (non-hydrogen) atoms. The van der Waals surface area contributed by atoms with Crippen molar-refractivity contribution in [3.8, 4) is 0 Å². The van der Waals surface area contributed by atoms with Crippen LogP contribution in [0.3, 0.4) is 0 Å². The molecule has 0 aliphatic heterocycles. The van der Waals surface area contributed by atoms with Crippen LogP contribution in [-0.2, 0) is 30.1 Å². The van der Waals surface area contributed by atoms with E-state index in [9.17, 15) is 99.5 Å². The fourth-order valence-corrected chi connectivity index (χ4v) is 12.0. The maximum absolute atomic E-state index is 15.3. The zero-order valence-electron chi connectivity index (χ0n) is 40.0. The van der Waals surface area contributed by atoms with Crippen molar-refractivity contribution in [1.29, 1.82) is 0 Å². The van der Waals surface area contributed by atoms with Crippen molar-refractivity contribution in [1.82, 2.24) is 0 Å². The van der Waals surface area contributed by atoms with Crippen LogP contribution in [0.5, 0.6) is 0 Å². The Morgan fingerprint density at radius 2 is 0.750 bits per heavy atom. The molecule has 4 fully saturated rings. The summed E-state index contributed by atoms with van der Waals surface area (Å²) in [6.45, 7) is -0.245. The molecule has 0 radical (unpaired) electrons. The highest BCUT2D eigenvalue weighted by Crippen LogP contribution is 2.69. The molecule has 4 bridgehead atoms. The average Bonchev–Trinajstić information content (AvgIpc) is 4.02. The molecule has 15 unspecified atom stereocenters. The second kappa shape index (κ2) is 19.5. The standard InChI is InChI=1S/C44H50F24O8/c1-7-17(2)18-8-21(33(5,39(51,52)53)75-15-73-25-12-19-10-23(25)29(32(4,70)38(48,49)50)27(19)31(3,69)37(45,46)47)14-22(9-18)34(6,40(54,55)56)76-16-74-26-13-20-11-24(26)30(36(72,43(63,64)65)44(66,67)68)28(20)35(71,41(57,58)59)42(60,61)62/h8-9,14,17,19-20,23-30,69-72H,7,10-13,15-16H2,1-6H3. The summed E-state index contributed by atoms with van der Waals surface area (Å²) in [5.41, 5.74) is -31.3. The summed E-state index contributed by atoms with van der Waals surface area (Å²) in [5.74, 6) is -23.1. The molecule has 0 aromatic heterocycles. The Hall–Kier alpha value is -2.78. The average molecular weight is 1160 g/mol. The summed E-state index contributed by atoms with van der Waals surface area (Å²) in [5, 5.41) is 41.6. The smallest absolute Gasteiger partial charge is 0.380 e. The highest BCUT2D eigenvalue weighted by atomic mass is 19.4. The Morgan fingerprint density at radius 1 is 0.434 bits per heavy atom. The molecule has 5 rings (SSSR count). The monoisotopic (exact) mass is 1160 g/mol. The second-order valence-corrected chi connectivity index (χ2v) is 20.9. The van der Waals surface area contributed by atoms with E-state index in [4.69, 9.17) is 18.9 Å². The molecule has 0 amide bonds. The highest BCUT2D eigenvalue weighted by molar-refractivity contribution is 5.40. The van der Waals surface area contributed by atoms with Gasteiger partial charge in [-0.15, -0.1) is 0 Å². The molecule has 4 N–H and O–H groups in total. The first-order chi connectivity index (χ1) is 33.7. The van der Waals surface area contributed by atoms with E-state index in [1.807, 2.05) is 0 Å². The maximum Gasteiger partial charge on any atom is 0.426 e. The number of hydrogen-bond donors (Lipinski definition) is 4. The van der Waals surface area contributed by atoms with E-state index in [1.165, 1.54) is 13.8 Å². The first-order valence-corrected chi connectivity index (χ1v) is 22.8. The fraction of sp³-hybridized carbons (Fsp3) is 0.864. The van der Waals surface area contributed by atoms with E-state index >= 15 is 26.3 Å². The van der Waals surface area contributed by atoms with Gasteiger partial charge in [-0.3, -0.25) is 0 Å². The van der Waals surface area contributed by atoms with Gasteiger partial charge in [0, 0.05) is 23.7 Å². The van der Waals surface area contributed by atoms with E-state index < -0.39 is 199 Å². The molecule has 4 aliphatic carbocycles. The lowest BCUT2D eigenvalue weighted by Crippen LogP contribution is -2.72. The van der Waals surface area contributed by atoms with Gasteiger partial charge in [0.15, 0.2) is 22.4 Å². The Morgan fingerprint density at radius 3 is 1.07 bits per heavy atom. The summed E-state index contributed by atoms with van der Waals surface area (Å²) in [6, 6.07) is 1.51. The van der Waals surface area contributed by atoms with Gasteiger partial charge in [-0.2, -0.15) is 105 Å². The Balaban J connectivity index is 1.50. The number of halogens is 24. The number of rotatable bonds is 16.